The summed E-state index contributed by atoms with van der Waals surface area (Å²) in [5, 5.41) is 12.1. The maximum Gasteiger partial charge on any atom is 0.354 e. The van der Waals surface area contributed by atoms with Crippen LogP contribution in [0.5, 0.6) is 0 Å². The summed E-state index contributed by atoms with van der Waals surface area (Å²) in [6.45, 7) is 6.27. The smallest absolute Gasteiger partial charge is 0.354 e. The number of carboxylic acid groups (broad SMARTS) is 1. The molecule has 0 aromatic carbocycles. The number of anilines is 1. The van der Waals surface area contributed by atoms with Gasteiger partial charge >= 0.3 is 5.97 Å². The van der Waals surface area contributed by atoms with Crippen LogP contribution in [0.15, 0.2) is 18.2 Å². The van der Waals surface area contributed by atoms with Gasteiger partial charge in [-0.05, 0) is 32.4 Å². The zero-order valence-electron chi connectivity index (χ0n) is 9.95. The van der Waals surface area contributed by atoms with E-state index in [1.165, 1.54) is 6.07 Å². The second kappa shape index (κ2) is 4.96. The first-order chi connectivity index (χ1) is 7.44. The first-order valence-corrected chi connectivity index (χ1v) is 5.43. The molecule has 0 aliphatic carbocycles. The molecule has 0 aliphatic heterocycles. The third-order valence-corrected chi connectivity index (χ3v) is 2.31. The molecule has 1 aromatic rings. The highest BCUT2D eigenvalue weighted by Crippen LogP contribution is 2.18. The largest absolute Gasteiger partial charge is 0.477 e. The van der Waals surface area contributed by atoms with Crippen molar-refractivity contribution in [2.45, 2.75) is 39.2 Å². The van der Waals surface area contributed by atoms with Crippen molar-refractivity contribution in [2.75, 3.05) is 5.32 Å². The highest BCUT2D eigenvalue weighted by Gasteiger charge is 2.17. The molecule has 0 fully saturated rings. The van der Waals surface area contributed by atoms with E-state index in [1.807, 2.05) is 0 Å². The SMILES string of the molecule is CCCC(C)(C)Nc1cccc(C(=O)O)n1. The van der Waals surface area contributed by atoms with Crippen LogP contribution in [0.4, 0.5) is 5.82 Å². The lowest BCUT2D eigenvalue weighted by Gasteiger charge is -2.26. The van der Waals surface area contributed by atoms with E-state index in [2.05, 4.69) is 31.1 Å². The molecule has 0 aliphatic rings. The summed E-state index contributed by atoms with van der Waals surface area (Å²) in [7, 11) is 0. The van der Waals surface area contributed by atoms with Gasteiger partial charge in [0.1, 0.15) is 5.82 Å². The van der Waals surface area contributed by atoms with Crippen LogP contribution in [0.3, 0.4) is 0 Å². The Morgan fingerprint density at radius 3 is 2.75 bits per heavy atom. The van der Waals surface area contributed by atoms with Gasteiger partial charge in [-0.3, -0.25) is 0 Å². The third kappa shape index (κ3) is 3.53. The van der Waals surface area contributed by atoms with E-state index in [0.717, 1.165) is 12.8 Å². The fourth-order valence-electron chi connectivity index (χ4n) is 1.66. The zero-order chi connectivity index (χ0) is 12.2. The van der Waals surface area contributed by atoms with Gasteiger partial charge < -0.3 is 10.4 Å². The molecular weight excluding hydrogens is 204 g/mol. The van der Waals surface area contributed by atoms with Crippen LogP contribution in [0.25, 0.3) is 0 Å². The average Bonchev–Trinajstić information content (AvgIpc) is 2.17. The van der Waals surface area contributed by atoms with Crippen molar-refractivity contribution in [1.29, 1.82) is 0 Å². The molecule has 0 atom stereocenters. The van der Waals surface area contributed by atoms with Crippen LogP contribution in [-0.2, 0) is 0 Å². The summed E-state index contributed by atoms with van der Waals surface area (Å²) in [4.78, 5) is 14.8. The molecular formula is C12H18N2O2. The van der Waals surface area contributed by atoms with Crippen molar-refractivity contribution in [3.63, 3.8) is 0 Å². The van der Waals surface area contributed by atoms with E-state index in [0.29, 0.717) is 5.82 Å². The fourth-order valence-corrected chi connectivity index (χ4v) is 1.66. The summed E-state index contributed by atoms with van der Waals surface area (Å²) in [5.74, 6) is -0.393. The highest BCUT2D eigenvalue weighted by atomic mass is 16.4. The Labute approximate surface area is 95.7 Å². The van der Waals surface area contributed by atoms with Gasteiger partial charge in [-0.15, -0.1) is 0 Å². The molecule has 0 saturated heterocycles. The topological polar surface area (TPSA) is 62.2 Å². The molecule has 4 nitrogen and oxygen atoms in total. The Morgan fingerprint density at radius 2 is 2.19 bits per heavy atom. The zero-order valence-corrected chi connectivity index (χ0v) is 9.95. The van der Waals surface area contributed by atoms with E-state index in [4.69, 9.17) is 5.11 Å². The van der Waals surface area contributed by atoms with E-state index in [9.17, 15) is 4.79 Å². The number of aromatic nitrogens is 1. The normalized spacial score (nSPS) is 11.2. The van der Waals surface area contributed by atoms with Crippen molar-refractivity contribution in [3.05, 3.63) is 23.9 Å². The minimum atomic E-state index is -1.00. The van der Waals surface area contributed by atoms with Crippen LogP contribution >= 0.6 is 0 Å². The maximum absolute atomic E-state index is 10.8. The predicted molar refractivity (Wildman–Crippen MR) is 63.8 cm³/mol. The van der Waals surface area contributed by atoms with Crippen LogP contribution in [0.1, 0.15) is 44.1 Å². The van der Waals surface area contributed by atoms with Crippen LogP contribution in [0.2, 0.25) is 0 Å². The van der Waals surface area contributed by atoms with Crippen molar-refractivity contribution in [3.8, 4) is 0 Å². The molecule has 0 amide bonds. The number of rotatable bonds is 5. The lowest BCUT2D eigenvalue weighted by Crippen LogP contribution is -2.31. The molecule has 0 saturated carbocycles. The molecule has 1 heterocycles. The number of hydrogen-bond acceptors (Lipinski definition) is 3. The average molecular weight is 222 g/mol. The van der Waals surface area contributed by atoms with Gasteiger partial charge in [-0.25, -0.2) is 9.78 Å². The summed E-state index contributed by atoms with van der Waals surface area (Å²) in [6.07, 6.45) is 2.07. The Kier molecular flexibility index (Phi) is 3.88. The first kappa shape index (κ1) is 12.5. The predicted octanol–water partition coefficient (Wildman–Crippen LogP) is 2.77. The monoisotopic (exact) mass is 222 g/mol. The van der Waals surface area contributed by atoms with Gasteiger partial charge in [-0.1, -0.05) is 19.4 Å². The van der Waals surface area contributed by atoms with Gasteiger partial charge in [0.2, 0.25) is 0 Å². The third-order valence-electron chi connectivity index (χ3n) is 2.31. The highest BCUT2D eigenvalue weighted by molar-refractivity contribution is 5.85. The van der Waals surface area contributed by atoms with Gasteiger partial charge in [0.05, 0.1) is 0 Å². The van der Waals surface area contributed by atoms with Gasteiger partial charge in [0, 0.05) is 5.54 Å². The van der Waals surface area contributed by atoms with E-state index < -0.39 is 5.97 Å². The standard InChI is InChI=1S/C12H18N2O2/c1-4-8-12(2,3)14-10-7-5-6-9(13-10)11(15)16/h5-7H,4,8H2,1-3H3,(H,13,14)(H,15,16). The lowest BCUT2D eigenvalue weighted by molar-refractivity contribution is 0.0690. The van der Waals surface area contributed by atoms with Gasteiger partial charge in [0.25, 0.3) is 0 Å². The van der Waals surface area contributed by atoms with Gasteiger partial charge in [-0.2, -0.15) is 0 Å². The molecule has 4 heteroatoms. The summed E-state index contributed by atoms with van der Waals surface area (Å²) < 4.78 is 0. The number of hydrogen-bond donors (Lipinski definition) is 2. The Bertz CT molecular complexity index is 375. The molecule has 0 unspecified atom stereocenters. The van der Waals surface area contributed by atoms with E-state index in [-0.39, 0.29) is 11.2 Å². The van der Waals surface area contributed by atoms with Crippen molar-refractivity contribution >= 4 is 11.8 Å². The van der Waals surface area contributed by atoms with Crippen molar-refractivity contribution < 1.29 is 9.90 Å². The quantitative estimate of drug-likeness (QED) is 0.804. The first-order valence-electron chi connectivity index (χ1n) is 5.43. The molecule has 0 bridgehead atoms. The minimum Gasteiger partial charge on any atom is -0.477 e. The van der Waals surface area contributed by atoms with Crippen LogP contribution in [0, 0.1) is 0 Å². The molecule has 2 N–H and O–H groups in total. The molecule has 88 valence electrons. The summed E-state index contributed by atoms with van der Waals surface area (Å²) in [5.41, 5.74) is -0.00362. The second-order valence-corrected chi connectivity index (χ2v) is 4.47. The number of aromatic carboxylic acids is 1. The molecule has 1 rings (SSSR count). The molecule has 0 spiro atoms. The van der Waals surface area contributed by atoms with Crippen LogP contribution < -0.4 is 5.32 Å². The van der Waals surface area contributed by atoms with Crippen molar-refractivity contribution in [2.24, 2.45) is 0 Å². The second-order valence-electron chi connectivity index (χ2n) is 4.47. The number of nitrogens with one attached hydrogen (secondary N) is 1. The van der Waals surface area contributed by atoms with E-state index in [1.54, 1.807) is 12.1 Å². The molecule has 0 radical (unpaired) electrons. The number of nitrogens with zero attached hydrogens (tertiary/aromatic N) is 1. The maximum atomic E-state index is 10.8. The lowest BCUT2D eigenvalue weighted by atomic mass is 9.99. The summed E-state index contributed by atoms with van der Waals surface area (Å²) in [6, 6.07) is 4.96. The van der Waals surface area contributed by atoms with Crippen molar-refractivity contribution in [1.82, 2.24) is 4.98 Å². The molecule has 1 aromatic heterocycles. The van der Waals surface area contributed by atoms with E-state index >= 15 is 0 Å². The molecule has 16 heavy (non-hydrogen) atoms. The Hall–Kier alpha value is -1.58. The fraction of sp³-hybridized carbons (Fsp3) is 0.500. The summed E-state index contributed by atoms with van der Waals surface area (Å²) >= 11 is 0. The van der Waals surface area contributed by atoms with Crippen LogP contribution in [-0.4, -0.2) is 21.6 Å². The Morgan fingerprint density at radius 1 is 1.50 bits per heavy atom. The number of carbonyl (C=O) groups is 1. The minimum absolute atomic E-state index is 0.0669. The number of carboxylic acids is 1. The number of pyridine rings is 1. The van der Waals surface area contributed by atoms with Gasteiger partial charge in [0.15, 0.2) is 5.69 Å². The Balaban J connectivity index is 2.81.